The molecule has 1 N–H and O–H groups in total. The average Bonchev–Trinajstić information content (AvgIpc) is 2.52. The quantitative estimate of drug-likeness (QED) is 0.804. The van der Waals surface area contributed by atoms with Gasteiger partial charge in [0.2, 0.25) is 0 Å². The highest BCUT2D eigenvalue weighted by Gasteiger charge is 2.28. The minimum atomic E-state index is -0.725. The smallest absolute Gasteiger partial charge is 0.339 e. The van der Waals surface area contributed by atoms with Crippen LogP contribution >= 0.6 is 15.9 Å². The van der Waals surface area contributed by atoms with E-state index in [2.05, 4.69) is 35.1 Å². The number of esters is 1. The Kier molecular flexibility index (Phi) is 6.16. The number of hydrogen-bond donors (Lipinski definition) is 1. The fraction of sp³-hybridized carbons (Fsp3) is 0.529. The monoisotopic (exact) mass is 385 g/mol. The minimum absolute atomic E-state index is 0.0671. The molecule has 6 heteroatoms. The van der Waals surface area contributed by atoms with Crippen molar-refractivity contribution in [2.75, 3.05) is 6.61 Å². The maximum Gasteiger partial charge on any atom is 0.339 e. The van der Waals surface area contributed by atoms with Gasteiger partial charge in [-0.1, -0.05) is 26.7 Å². The Bertz CT molecular complexity index is 593. The van der Waals surface area contributed by atoms with Gasteiger partial charge >= 0.3 is 5.97 Å². The maximum absolute atomic E-state index is 13.2. The van der Waals surface area contributed by atoms with Crippen LogP contribution in [0.15, 0.2) is 22.7 Å². The molecule has 0 aliphatic heterocycles. The second-order valence-electron chi connectivity index (χ2n) is 6.14. The van der Waals surface area contributed by atoms with Crippen LogP contribution < -0.4 is 5.32 Å². The molecule has 1 fully saturated rings. The lowest BCUT2D eigenvalue weighted by Crippen LogP contribution is -2.45. The summed E-state index contributed by atoms with van der Waals surface area (Å²) >= 11 is 3.16. The van der Waals surface area contributed by atoms with E-state index in [1.165, 1.54) is 18.6 Å². The van der Waals surface area contributed by atoms with Gasteiger partial charge in [0, 0.05) is 10.5 Å². The number of halogens is 2. The number of ether oxygens (including phenoxy) is 1. The van der Waals surface area contributed by atoms with Crippen LogP contribution in [0.5, 0.6) is 0 Å². The Hall–Kier alpha value is -1.43. The van der Waals surface area contributed by atoms with E-state index in [4.69, 9.17) is 4.74 Å². The second-order valence-corrected chi connectivity index (χ2v) is 7.00. The summed E-state index contributed by atoms with van der Waals surface area (Å²) in [4.78, 5) is 23.9. The number of amides is 1. The zero-order valence-corrected chi connectivity index (χ0v) is 14.9. The average molecular weight is 386 g/mol. The molecule has 126 valence electrons. The number of carbonyl (C=O) groups excluding carboxylic acids is 2. The van der Waals surface area contributed by atoms with Gasteiger partial charge in [-0.15, -0.1) is 0 Å². The van der Waals surface area contributed by atoms with Crippen LogP contribution in [0.25, 0.3) is 0 Å². The van der Waals surface area contributed by atoms with Crippen LogP contribution in [0.4, 0.5) is 4.39 Å². The third-order valence-electron chi connectivity index (χ3n) is 4.54. The number of nitrogens with one attached hydrogen (secondary N) is 1. The fourth-order valence-electron chi connectivity index (χ4n) is 2.90. The zero-order valence-electron chi connectivity index (χ0n) is 13.3. The first-order valence-electron chi connectivity index (χ1n) is 7.80. The van der Waals surface area contributed by atoms with E-state index >= 15 is 0 Å². The van der Waals surface area contributed by atoms with Crippen molar-refractivity contribution in [3.8, 4) is 0 Å². The van der Waals surface area contributed by atoms with Gasteiger partial charge in [0.15, 0.2) is 6.61 Å². The maximum atomic E-state index is 13.2. The fourth-order valence-corrected chi connectivity index (χ4v) is 3.31. The second kappa shape index (κ2) is 7.90. The zero-order chi connectivity index (χ0) is 17.0. The van der Waals surface area contributed by atoms with E-state index in [1.807, 2.05) is 0 Å². The Morgan fingerprint density at radius 2 is 2.09 bits per heavy atom. The van der Waals surface area contributed by atoms with E-state index in [9.17, 15) is 14.0 Å². The Morgan fingerprint density at radius 1 is 1.35 bits per heavy atom. The van der Waals surface area contributed by atoms with E-state index in [0.717, 1.165) is 18.9 Å². The molecule has 0 saturated heterocycles. The lowest BCUT2D eigenvalue weighted by molar-refractivity contribution is -0.125. The van der Waals surface area contributed by atoms with Gasteiger partial charge in [-0.2, -0.15) is 0 Å². The third-order valence-corrected chi connectivity index (χ3v) is 5.23. The highest BCUT2D eigenvalue weighted by molar-refractivity contribution is 9.10. The van der Waals surface area contributed by atoms with Crippen LogP contribution in [0.2, 0.25) is 0 Å². The molecule has 1 aliphatic rings. The van der Waals surface area contributed by atoms with Crippen LogP contribution in [0.3, 0.4) is 0 Å². The summed E-state index contributed by atoms with van der Waals surface area (Å²) < 4.78 is 18.6. The highest BCUT2D eigenvalue weighted by Crippen LogP contribution is 2.29. The van der Waals surface area contributed by atoms with Crippen LogP contribution in [-0.2, 0) is 9.53 Å². The van der Waals surface area contributed by atoms with Crippen molar-refractivity contribution in [1.82, 2.24) is 5.32 Å². The van der Waals surface area contributed by atoms with Crippen molar-refractivity contribution in [3.63, 3.8) is 0 Å². The van der Waals surface area contributed by atoms with E-state index in [-0.39, 0.29) is 24.1 Å². The van der Waals surface area contributed by atoms with Gasteiger partial charge in [-0.25, -0.2) is 9.18 Å². The largest absolute Gasteiger partial charge is 0.452 e. The summed E-state index contributed by atoms with van der Waals surface area (Å²) in [5.41, 5.74) is 0.0671. The van der Waals surface area contributed by atoms with Gasteiger partial charge in [-0.05, 0) is 52.4 Å². The molecule has 2 rings (SSSR count). The van der Waals surface area contributed by atoms with E-state index in [0.29, 0.717) is 16.3 Å². The first-order chi connectivity index (χ1) is 10.9. The topological polar surface area (TPSA) is 55.4 Å². The van der Waals surface area contributed by atoms with Crippen LogP contribution in [-0.4, -0.2) is 24.5 Å². The summed E-state index contributed by atoms with van der Waals surface area (Å²) in [6.07, 6.45) is 3.21. The number of carbonyl (C=O) groups is 2. The molecule has 0 radical (unpaired) electrons. The molecular formula is C17H21BrFNO3. The molecule has 0 spiro atoms. The molecule has 1 aliphatic carbocycles. The Balaban J connectivity index is 1.86. The normalized spacial score (nSPS) is 24.1. The summed E-state index contributed by atoms with van der Waals surface area (Å²) in [7, 11) is 0. The molecule has 0 aromatic heterocycles. The molecule has 3 atom stereocenters. The Labute approximate surface area is 143 Å². The molecule has 1 aromatic carbocycles. The molecule has 1 saturated carbocycles. The van der Waals surface area contributed by atoms with Gasteiger partial charge < -0.3 is 10.1 Å². The minimum Gasteiger partial charge on any atom is -0.452 e. The Morgan fingerprint density at radius 3 is 2.83 bits per heavy atom. The summed E-state index contributed by atoms with van der Waals surface area (Å²) in [5.74, 6) is -0.608. The molecule has 4 nitrogen and oxygen atoms in total. The molecule has 0 bridgehead atoms. The van der Waals surface area contributed by atoms with E-state index in [1.54, 1.807) is 0 Å². The van der Waals surface area contributed by atoms with Crippen molar-refractivity contribution >= 4 is 27.8 Å². The molecule has 0 unspecified atom stereocenters. The first-order valence-corrected chi connectivity index (χ1v) is 8.59. The molecule has 23 heavy (non-hydrogen) atoms. The van der Waals surface area contributed by atoms with Crippen molar-refractivity contribution in [2.45, 2.75) is 39.2 Å². The van der Waals surface area contributed by atoms with Gasteiger partial charge in [0.1, 0.15) is 5.82 Å². The number of benzene rings is 1. The van der Waals surface area contributed by atoms with Crippen molar-refractivity contribution in [3.05, 3.63) is 34.1 Å². The summed E-state index contributed by atoms with van der Waals surface area (Å²) in [6.45, 7) is 3.95. The SMILES string of the molecule is C[C@@H]1[C@H](C)CCC[C@@H]1NC(=O)COC(=O)c1cc(F)ccc1Br. The molecule has 0 heterocycles. The van der Waals surface area contributed by atoms with Crippen molar-refractivity contribution in [2.24, 2.45) is 11.8 Å². The van der Waals surface area contributed by atoms with Crippen molar-refractivity contribution in [1.29, 1.82) is 0 Å². The van der Waals surface area contributed by atoms with Gasteiger partial charge in [0.25, 0.3) is 5.91 Å². The van der Waals surface area contributed by atoms with Crippen LogP contribution in [0, 0.1) is 17.7 Å². The first kappa shape index (κ1) is 17.9. The third kappa shape index (κ3) is 4.77. The standard InChI is InChI=1S/C17H21BrFNO3/c1-10-4-3-5-15(11(10)2)20-16(21)9-23-17(22)13-8-12(19)6-7-14(13)18/h6-8,10-11,15H,3-5,9H2,1-2H3,(H,20,21)/t10-,11-,15+/m1/s1. The highest BCUT2D eigenvalue weighted by atomic mass is 79.9. The predicted molar refractivity (Wildman–Crippen MR) is 88.5 cm³/mol. The van der Waals surface area contributed by atoms with Crippen LogP contribution in [0.1, 0.15) is 43.5 Å². The number of hydrogen-bond acceptors (Lipinski definition) is 3. The molecular weight excluding hydrogens is 365 g/mol. The molecule has 1 amide bonds. The van der Waals surface area contributed by atoms with Crippen molar-refractivity contribution < 1.29 is 18.7 Å². The summed E-state index contributed by atoms with van der Waals surface area (Å²) in [6, 6.07) is 3.86. The number of rotatable bonds is 4. The predicted octanol–water partition coefficient (Wildman–Crippen LogP) is 3.69. The lowest BCUT2D eigenvalue weighted by atomic mass is 9.78. The molecule has 1 aromatic rings. The van der Waals surface area contributed by atoms with E-state index < -0.39 is 11.8 Å². The van der Waals surface area contributed by atoms with Gasteiger partial charge in [-0.3, -0.25) is 4.79 Å². The summed E-state index contributed by atoms with van der Waals surface area (Å²) in [5, 5.41) is 2.93. The lowest BCUT2D eigenvalue weighted by Gasteiger charge is -2.34. The van der Waals surface area contributed by atoms with Gasteiger partial charge in [0.05, 0.1) is 5.56 Å².